The third-order valence-corrected chi connectivity index (χ3v) is 5.31. The second-order valence-corrected chi connectivity index (χ2v) is 6.28. The Morgan fingerprint density at radius 2 is 1.94 bits per heavy atom. The van der Waals surface area contributed by atoms with Crippen LogP contribution in [0.2, 0.25) is 0 Å². The van der Waals surface area contributed by atoms with Crippen LogP contribution in [0.25, 0.3) is 0 Å². The summed E-state index contributed by atoms with van der Waals surface area (Å²) < 4.78 is 5.61. The number of carbonyl (C=O) groups excluding carboxylic acids is 1. The molecule has 0 aromatic rings. The van der Waals surface area contributed by atoms with Gasteiger partial charge in [0.15, 0.2) is 0 Å². The van der Waals surface area contributed by atoms with Gasteiger partial charge in [-0.05, 0) is 37.5 Å². The molecule has 0 saturated heterocycles. The van der Waals surface area contributed by atoms with Crippen molar-refractivity contribution in [1.29, 1.82) is 0 Å². The number of carbonyl (C=O) groups is 1. The normalized spacial score (nSPS) is 37.4. The molecule has 98 valence electrons. The fraction of sp³-hybridized carbons (Fsp3) is 0.800. The maximum absolute atomic E-state index is 11.6. The highest BCUT2D eigenvalue weighted by Gasteiger charge is 2.62. The van der Waals surface area contributed by atoms with Crippen molar-refractivity contribution in [2.24, 2.45) is 16.7 Å². The number of hydrogen-bond donors (Lipinski definition) is 0. The lowest BCUT2D eigenvalue weighted by Crippen LogP contribution is -2.38. The summed E-state index contributed by atoms with van der Waals surface area (Å²) >= 11 is 0. The average Bonchev–Trinajstić information content (AvgIpc) is 2.50. The fourth-order valence-corrected chi connectivity index (χ4v) is 3.54. The van der Waals surface area contributed by atoms with E-state index in [0.717, 1.165) is 6.42 Å². The molecule has 0 N–H and O–H groups in total. The predicted octanol–water partition coefficient (Wildman–Crippen LogP) is 3.96. The first-order valence-electron chi connectivity index (χ1n) is 6.15. The lowest BCUT2D eigenvalue weighted by molar-refractivity contribution is -0.151. The highest BCUT2D eigenvalue weighted by molar-refractivity contribution is 5.87. The van der Waals surface area contributed by atoms with Crippen molar-refractivity contribution in [2.75, 3.05) is 0 Å². The second-order valence-electron chi connectivity index (χ2n) is 6.28. The molecule has 0 radical (unpaired) electrons. The van der Waals surface area contributed by atoms with Crippen LogP contribution in [0.15, 0.2) is 12.2 Å². The summed E-state index contributed by atoms with van der Waals surface area (Å²) in [7, 11) is 0. The fourth-order valence-electron chi connectivity index (χ4n) is 3.54. The van der Waals surface area contributed by atoms with E-state index in [1.165, 1.54) is 12.8 Å². The van der Waals surface area contributed by atoms with Crippen molar-refractivity contribution >= 4 is 5.97 Å². The van der Waals surface area contributed by atoms with E-state index in [4.69, 9.17) is 4.74 Å². The first-order chi connectivity index (χ1) is 7.29. The Morgan fingerprint density at radius 1 is 1.35 bits per heavy atom. The van der Waals surface area contributed by atoms with Gasteiger partial charge >= 0.3 is 5.97 Å². The highest BCUT2D eigenvalue weighted by Crippen LogP contribution is 2.66. The van der Waals surface area contributed by atoms with Crippen molar-refractivity contribution in [3.05, 3.63) is 12.2 Å². The van der Waals surface area contributed by atoms with Crippen molar-refractivity contribution in [3.8, 4) is 0 Å². The Labute approximate surface area is 105 Å². The van der Waals surface area contributed by atoms with Crippen molar-refractivity contribution < 1.29 is 9.53 Å². The maximum Gasteiger partial charge on any atom is 0.333 e. The minimum absolute atomic E-state index is 0. The van der Waals surface area contributed by atoms with Gasteiger partial charge in [0.1, 0.15) is 6.10 Å². The Bertz CT molecular complexity index is 343. The van der Waals surface area contributed by atoms with Crippen LogP contribution in [0.1, 0.15) is 54.4 Å². The van der Waals surface area contributed by atoms with E-state index in [2.05, 4.69) is 27.4 Å². The maximum atomic E-state index is 11.6. The monoisotopic (exact) mass is 238 g/mol. The summed E-state index contributed by atoms with van der Waals surface area (Å²) in [6.07, 6.45) is 3.58. The van der Waals surface area contributed by atoms with Gasteiger partial charge in [-0.1, -0.05) is 34.8 Å². The van der Waals surface area contributed by atoms with Gasteiger partial charge in [0, 0.05) is 11.0 Å². The molecule has 3 atom stereocenters. The summed E-state index contributed by atoms with van der Waals surface area (Å²) in [4.78, 5) is 11.6. The standard InChI is InChI=1S/C14H22O2.CH4/c1-9(2)12(15)16-11-8-10-6-7-14(11,5)13(10,3)4;/h10-11H,1,6-8H2,2-5H3;1H4/t10-,11?,14-;/m1./s1. The lowest BCUT2D eigenvalue weighted by Gasteiger charge is -2.38. The summed E-state index contributed by atoms with van der Waals surface area (Å²) in [5, 5.41) is 0. The summed E-state index contributed by atoms with van der Waals surface area (Å²) in [6.45, 7) is 12.3. The SMILES string of the molecule is C.C=C(C)C(=O)OC1C[C@H]2CC[C@@]1(C)C2(C)C. The van der Waals surface area contributed by atoms with E-state index in [-0.39, 0.29) is 24.9 Å². The zero-order valence-electron chi connectivity index (χ0n) is 10.8. The number of esters is 1. The van der Waals surface area contributed by atoms with E-state index >= 15 is 0 Å². The number of hydrogen-bond acceptors (Lipinski definition) is 2. The molecule has 2 heteroatoms. The van der Waals surface area contributed by atoms with Gasteiger partial charge in [-0.25, -0.2) is 4.79 Å². The Hall–Kier alpha value is -0.790. The van der Waals surface area contributed by atoms with Crippen LogP contribution in [0.4, 0.5) is 0 Å². The zero-order chi connectivity index (χ0) is 12.1. The molecule has 0 aromatic carbocycles. The van der Waals surface area contributed by atoms with E-state index < -0.39 is 0 Å². The molecule has 2 aliphatic carbocycles. The zero-order valence-corrected chi connectivity index (χ0v) is 10.8. The topological polar surface area (TPSA) is 26.3 Å². The van der Waals surface area contributed by atoms with E-state index in [1.807, 2.05) is 0 Å². The first-order valence-corrected chi connectivity index (χ1v) is 6.15. The average molecular weight is 238 g/mol. The van der Waals surface area contributed by atoms with Crippen molar-refractivity contribution in [3.63, 3.8) is 0 Å². The van der Waals surface area contributed by atoms with Crippen LogP contribution >= 0.6 is 0 Å². The third-order valence-electron chi connectivity index (χ3n) is 5.31. The van der Waals surface area contributed by atoms with Gasteiger partial charge in [-0.2, -0.15) is 0 Å². The second kappa shape index (κ2) is 4.15. The Balaban J connectivity index is 0.00000144. The molecule has 17 heavy (non-hydrogen) atoms. The van der Waals surface area contributed by atoms with Gasteiger partial charge in [0.25, 0.3) is 0 Å². The van der Waals surface area contributed by atoms with Crippen LogP contribution in [0.3, 0.4) is 0 Å². The minimum Gasteiger partial charge on any atom is -0.458 e. The van der Waals surface area contributed by atoms with Crippen LogP contribution in [0, 0.1) is 16.7 Å². The lowest BCUT2D eigenvalue weighted by atomic mass is 9.70. The van der Waals surface area contributed by atoms with E-state index in [1.54, 1.807) is 6.92 Å². The molecule has 2 rings (SSSR count). The van der Waals surface area contributed by atoms with Crippen molar-refractivity contribution in [2.45, 2.75) is 60.5 Å². The first kappa shape index (κ1) is 14.3. The molecule has 0 aliphatic heterocycles. The molecule has 0 heterocycles. The van der Waals surface area contributed by atoms with Crippen LogP contribution in [0.5, 0.6) is 0 Å². The molecular formula is C15H26O2. The molecule has 2 fully saturated rings. The third kappa shape index (κ3) is 1.82. The van der Waals surface area contributed by atoms with Crippen LogP contribution in [-0.4, -0.2) is 12.1 Å². The number of ether oxygens (including phenoxy) is 1. The summed E-state index contributed by atoms with van der Waals surface area (Å²) in [6, 6.07) is 0. The molecule has 0 aromatic heterocycles. The molecule has 2 saturated carbocycles. The summed E-state index contributed by atoms with van der Waals surface area (Å²) in [5.41, 5.74) is 0.958. The van der Waals surface area contributed by atoms with E-state index in [9.17, 15) is 4.79 Å². The molecule has 0 spiro atoms. The quantitative estimate of drug-likeness (QED) is 0.537. The molecule has 2 nitrogen and oxygen atoms in total. The van der Waals surface area contributed by atoms with E-state index in [0.29, 0.717) is 16.9 Å². The number of fused-ring (bicyclic) bond motifs is 2. The Morgan fingerprint density at radius 3 is 2.29 bits per heavy atom. The minimum atomic E-state index is -0.227. The summed E-state index contributed by atoms with van der Waals surface area (Å²) in [5.74, 6) is 0.481. The smallest absolute Gasteiger partial charge is 0.333 e. The highest BCUT2D eigenvalue weighted by atomic mass is 16.5. The molecular weight excluding hydrogens is 212 g/mol. The largest absolute Gasteiger partial charge is 0.458 e. The predicted molar refractivity (Wildman–Crippen MR) is 70.7 cm³/mol. The van der Waals surface area contributed by atoms with Crippen LogP contribution < -0.4 is 0 Å². The van der Waals surface area contributed by atoms with Gasteiger partial charge in [-0.3, -0.25) is 0 Å². The van der Waals surface area contributed by atoms with Gasteiger partial charge in [0.2, 0.25) is 0 Å². The molecule has 2 aliphatic rings. The molecule has 1 unspecified atom stereocenters. The molecule has 0 amide bonds. The van der Waals surface area contributed by atoms with Gasteiger partial charge < -0.3 is 4.74 Å². The van der Waals surface area contributed by atoms with Gasteiger partial charge in [0.05, 0.1) is 0 Å². The Kier molecular flexibility index (Phi) is 3.48. The van der Waals surface area contributed by atoms with Crippen LogP contribution in [-0.2, 0) is 9.53 Å². The van der Waals surface area contributed by atoms with Crippen molar-refractivity contribution in [1.82, 2.24) is 0 Å². The van der Waals surface area contributed by atoms with Gasteiger partial charge in [-0.15, -0.1) is 0 Å². The number of rotatable bonds is 2. The molecule has 2 bridgehead atoms.